The maximum atomic E-state index is 13.4. The number of rotatable bonds is 3. The van der Waals surface area contributed by atoms with Crippen LogP contribution in [0.4, 0.5) is 14.5 Å². The molecule has 2 aromatic rings. The average Bonchev–Trinajstić information content (AvgIpc) is 2.97. The molecule has 7 heteroatoms. The van der Waals surface area contributed by atoms with Crippen LogP contribution in [0.3, 0.4) is 0 Å². The fourth-order valence-corrected chi connectivity index (χ4v) is 3.37. The van der Waals surface area contributed by atoms with Crippen LogP contribution in [0.2, 0.25) is 0 Å². The second-order valence-corrected chi connectivity index (χ2v) is 6.57. The summed E-state index contributed by atoms with van der Waals surface area (Å²) in [6.45, 7) is 2.16. The van der Waals surface area contributed by atoms with Crippen LogP contribution in [0.5, 0.6) is 0 Å². The zero-order chi connectivity index (χ0) is 18.0. The first kappa shape index (κ1) is 17.4. The van der Waals surface area contributed by atoms with Crippen molar-refractivity contribution in [3.8, 4) is 0 Å². The molecule has 0 unspecified atom stereocenters. The fraction of sp³-hybridized carbons (Fsp3) is 0.444. The van der Waals surface area contributed by atoms with Crippen molar-refractivity contribution in [3.63, 3.8) is 0 Å². The monoisotopic (exact) mass is 349 g/mol. The Kier molecular flexibility index (Phi) is 5.01. The van der Waals surface area contributed by atoms with E-state index in [0.717, 1.165) is 44.2 Å². The van der Waals surface area contributed by atoms with Crippen LogP contribution >= 0.6 is 0 Å². The third-order valence-electron chi connectivity index (χ3n) is 4.94. The molecule has 25 heavy (non-hydrogen) atoms. The highest BCUT2D eigenvalue weighted by Gasteiger charge is 2.24. The van der Waals surface area contributed by atoms with Crippen LogP contribution in [0, 0.1) is 17.6 Å². The lowest BCUT2D eigenvalue weighted by molar-refractivity contribution is -0.136. The molecule has 1 aliphatic carbocycles. The van der Waals surface area contributed by atoms with Gasteiger partial charge < -0.3 is 15.6 Å². The second kappa shape index (κ2) is 7.21. The number of anilines is 1. The molecule has 1 fully saturated rings. The number of carbonyl (C=O) groups is 2. The number of hydrogen-bond acceptors (Lipinski definition) is 2. The Morgan fingerprint density at radius 2 is 1.80 bits per heavy atom. The molecule has 0 atom stereocenters. The third-order valence-corrected chi connectivity index (χ3v) is 4.94. The van der Waals surface area contributed by atoms with Gasteiger partial charge in [-0.1, -0.05) is 13.3 Å². The highest BCUT2D eigenvalue weighted by molar-refractivity contribution is 6.40. The van der Waals surface area contributed by atoms with Gasteiger partial charge in [-0.3, -0.25) is 9.59 Å². The maximum Gasteiger partial charge on any atom is 0.313 e. The Bertz CT molecular complexity index is 795. The normalized spacial score (nSPS) is 20.4. The summed E-state index contributed by atoms with van der Waals surface area (Å²) in [7, 11) is 0. The van der Waals surface area contributed by atoms with Crippen molar-refractivity contribution < 1.29 is 18.4 Å². The van der Waals surface area contributed by atoms with E-state index in [0.29, 0.717) is 16.8 Å². The van der Waals surface area contributed by atoms with Gasteiger partial charge in [-0.25, -0.2) is 8.78 Å². The summed E-state index contributed by atoms with van der Waals surface area (Å²) in [5.41, 5.74) is 0.580. The lowest BCUT2D eigenvalue weighted by Gasteiger charge is -2.28. The van der Waals surface area contributed by atoms with Gasteiger partial charge in [-0.2, -0.15) is 0 Å². The Labute approximate surface area is 144 Å². The maximum absolute atomic E-state index is 13.4. The molecule has 1 heterocycles. The van der Waals surface area contributed by atoms with Crippen molar-refractivity contribution in [2.45, 2.75) is 45.1 Å². The summed E-state index contributed by atoms with van der Waals surface area (Å²) >= 11 is 0. The molecule has 1 saturated carbocycles. The molecule has 0 radical (unpaired) electrons. The van der Waals surface area contributed by atoms with Gasteiger partial charge in [0.05, 0.1) is 11.2 Å². The van der Waals surface area contributed by atoms with Gasteiger partial charge in [0.1, 0.15) is 0 Å². The molecule has 0 saturated heterocycles. The van der Waals surface area contributed by atoms with Crippen LogP contribution in [0.25, 0.3) is 10.9 Å². The molecule has 0 bridgehead atoms. The molecule has 1 aliphatic rings. The topological polar surface area (TPSA) is 74.0 Å². The van der Waals surface area contributed by atoms with Crippen LogP contribution in [0.15, 0.2) is 18.3 Å². The van der Waals surface area contributed by atoms with Gasteiger partial charge in [0, 0.05) is 23.7 Å². The summed E-state index contributed by atoms with van der Waals surface area (Å²) in [5, 5.41) is 5.51. The summed E-state index contributed by atoms with van der Waals surface area (Å²) in [6.07, 6.45) is 6.39. The van der Waals surface area contributed by atoms with Crippen molar-refractivity contribution in [1.82, 2.24) is 10.3 Å². The van der Waals surface area contributed by atoms with Gasteiger partial charge in [0.15, 0.2) is 11.6 Å². The molecular weight excluding hydrogens is 328 g/mol. The van der Waals surface area contributed by atoms with E-state index < -0.39 is 23.4 Å². The number of amides is 2. The number of carbonyl (C=O) groups excluding carboxylic acids is 2. The number of benzene rings is 1. The van der Waals surface area contributed by atoms with Crippen LogP contribution in [-0.4, -0.2) is 22.8 Å². The first-order chi connectivity index (χ1) is 12.0. The van der Waals surface area contributed by atoms with Crippen molar-refractivity contribution in [3.05, 3.63) is 30.0 Å². The molecule has 1 aromatic heterocycles. The number of fused-ring (bicyclic) bond motifs is 1. The predicted molar refractivity (Wildman–Crippen MR) is 91.0 cm³/mol. The Morgan fingerprint density at radius 3 is 2.48 bits per heavy atom. The van der Waals surface area contributed by atoms with Gasteiger partial charge in [-0.15, -0.1) is 0 Å². The number of aromatic nitrogens is 1. The van der Waals surface area contributed by atoms with Gasteiger partial charge in [0.2, 0.25) is 0 Å². The smallest absolute Gasteiger partial charge is 0.313 e. The van der Waals surface area contributed by atoms with Gasteiger partial charge in [-0.05, 0) is 37.7 Å². The number of H-pyrrole nitrogens is 1. The Hall–Kier alpha value is -2.44. The number of hydrogen-bond donors (Lipinski definition) is 3. The zero-order valence-corrected chi connectivity index (χ0v) is 14.0. The quantitative estimate of drug-likeness (QED) is 0.742. The fourth-order valence-electron chi connectivity index (χ4n) is 3.37. The van der Waals surface area contributed by atoms with Crippen molar-refractivity contribution >= 4 is 28.4 Å². The number of halogens is 2. The first-order valence-corrected chi connectivity index (χ1v) is 8.56. The minimum Gasteiger partial charge on any atom is -0.359 e. The first-order valence-electron chi connectivity index (χ1n) is 8.56. The summed E-state index contributed by atoms with van der Waals surface area (Å²) in [5.74, 6) is -2.82. The second-order valence-electron chi connectivity index (χ2n) is 6.57. The van der Waals surface area contributed by atoms with E-state index in [1.807, 2.05) is 0 Å². The average molecular weight is 349 g/mol. The number of nitrogens with one attached hydrogen (secondary N) is 3. The molecule has 134 valence electrons. The molecule has 3 rings (SSSR count). The molecule has 1 aromatic carbocycles. The molecule has 3 N–H and O–H groups in total. The van der Waals surface area contributed by atoms with E-state index in [2.05, 4.69) is 22.5 Å². The summed E-state index contributed by atoms with van der Waals surface area (Å²) < 4.78 is 26.6. The van der Waals surface area contributed by atoms with Crippen molar-refractivity contribution in [2.75, 3.05) is 5.32 Å². The zero-order valence-electron chi connectivity index (χ0n) is 14.0. The van der Waals surface area contributed by atoms with E-state index in [-0.39, 0.29) is 11.7 Å². The van der Waals surface area contributed by atoms with Crippen LogP contribution in [-0.2, 0) is 9.59 Å². The standard InChI is InChI=1S/C18H21F2N3O2/c1-2-10-3-5-11(6-4-10)22-17(24)18(25)23-16-9-21-15-8-14(20)13(19)7-12(15)16/h7-11,21H,2-6H2,1H3,(H,22,24)(H,23,25)/t10-,11-. The highest BCUT2D eigenvalue weighted by atomic mass is 19.2. The third kappa shape index (κ3) is 3.81. The minimum absolute atomic E-state index is 0.00978. The predicted octanol–water partition coefficient (Wildman–Crippen LogP) is 3.47. The molecule has 0 spiro atoms. The number of aromatic amines is 1. The van der Waals surface area contributed by atoms with Crippen molar-refractivity contribution in [2.24, 2.45) is 5.92 Å². The highest BCUT2D eigenvalue weighted by Crippen LogP contribution is 2.27. The van der Waals surface area contributed by atoms with Gasteiger partial charge in [0.25, 0.3) is 0 Å². The van der Waals surface area contributed by atoms with E-state index in [1.165, 1.54) is 6.20 Å². The lowest BCUT2D eigenvalue weighted by atomic mass is 9.84. The van der Waals surface area contributed by atoms with E-state index >= 15 is 0 Å². The molecule has 0 aliphatic heterocycles. The van der Waals surface area contributed by atoms with Gasteiger partial charge >= 0.3 is 11.8 Å². The molecular formula is C18H21F2N3O2. The minimum atomic E-state index is -1.01. The Morgan fingerprint density at radius 1 is 1.12 bits per heavy atom. The van der Waals surface area contributed by atoms with Crippen LogP contribution < -0.4 is 10.6 Å². The molecule has 2 amide bonds. The van der Waals surface area contributed by atoms with Crippen LogP contribution in [0.1, 0.15) is 39.0 Å². The molecule has 5 nitrogen and oxygen atoms in total. The van der Waals surface area contributed by atoms with Crippen molar-refractivity contribution in [1.29, 1.82) is 0 Å². The largest absolute Gasteiger partial charge is 0.359 e. The Balaban J connectivity index is 1.62. The lowest BCUT2D eigenvalue weighted by Crippen LogP contribution is -2.43. The van der Waals surface area contributed by atoms with E-state index in [1.54, 1.807) is 0 Å². The summed E-state index contributed by atoms with van der Waals surface area (Å²) in [4.78, 5) is 26.9. The van der Waals surface area contributed by atoms with E-state index in [4.69, 9.17) is 0 Å². The SMILES string of the molecule is CC[C@H]1CC[C@H](NC(=O)C(=O)Nc2c[nH]c3cc(F)c(F)cc23)CC1. The van der Waals surface area contributed by atoms with E-state index in [9.17, 15) is 18.4 Å². The summed E-state index contributed by atoms with van der Waals surface area (Å²) in [6, 6.07) is 2.00.